The Morgan fingerprint density at radius 3 is 1.90 bits per heavy atom. The van der Waals surface area contributed by atoms with Crippen molar-refractivity contribution < 1.29 is 18.7 Å². The van der Waals surface area contributed by atoms with E-state index in [1.807, 2.05) is 62.4 Å². The molecule has 1 unspecified atom stereocenters. The van der Waals surface area contributed by atoms with Crippen molar-refractivity contribution in [3.05, 3.63) is 154 Å². The van der Waals surface area contributed by atoms with Crippen LogP contribution in [0.15, 0.2) is 116 Å². The SMILES string of the molecule is C=CC(=O)Nc1cc(Nc2ncc(Cl)c(Nc3ccccc3P(C)(C)=O)n2)c(C)cc1C1CCN(C)CC1.C=CP(C)(=O)Cc1ccc(C)c(Nc2ncc(Cl)c(Nc3ccccc3C(N)=O)n2)c1. The summed E-state index contributed by atoms with van der Waals surface area (Å²) in [4.78, 5) is 43.9. The van der Waals surface area contributed by atoms with E-state index in [1.54, 1.807) is 44.3 Å². The maximum Gasteiger partial charge on any atom is 0.250 e. The van der Waals surface area contributed by atoms with Crippen LogP contribution in [0.25, 0.3) is 0 Å². The van der Waals surface area contributed by atoms with Crippen LogP contribution in [0.5, 0.6) is 0 Å². The molecule has 7 N–H and O–H groups in total. The first-order valence-corrected chi connectivity index (χ1v) is 27.7. The number of hydrogen-bond donors (Lipinski definition) is 6. The lowest BCUT2D eigenvalue weighted by Gasteiger charge is -2.31. The summed E-state index contributed by atoms with van der Waals surface area (Å²) in [5, 5.41) is 17.0. The number of benzene rings is 4. The van der Waals surface area contributed by atoms with Gasteiger partial charge in [-0.2, -0.15) is 9.97 Å². The molecule has 1 saturated heterocycles. The van der Waals surface area contributed by atoms with Crippen LogP contribution < -0.4 is 37.6 Å². The van der Waals surface area contributed by atoms with Gasteiger partial charge in [0.05, 0.1) is 29.3 Å². The number of rotatable bonds is 16. The highest BCUT2D eigenvalue weighted by Crippen LogP contribution is 2.46. The maximum absolute atomic E-state index is 12.8. The molecule has 6 aromatic rings. The molecule has 0 spiro atoms. The second kappa shape index (κ2) is 22.8. The number of carbonyl (C=O) groups is 2. The molecular weight excluding hydrogens is 951 g/mol. The van der Waals surface area contributed by atoms with Crippen molar-refractivity contribution in [2.24, 2.45) is 5.73 Å². The Balaban J connectivity index is 0.000000232. The molecule has 15 nitrogen and oxygen atoms in total. The van der Waals surface area contributed by atoms with E-state index in [2.05, 4.69) is 77.7 Å². The van der Waals surface area contributed by atoms with Crippen molar-refractivity contribution in [2.75, 3.05) is 66.7 Å². The van der Waals surface area contributed by atoms with Gasteiger partial charge in [0.25, 0.3) is 5.91 Å². The molecule has 0 bridgehead atoms. The summed E-state index contributed by atoms with van der Waals surface area (Å²) in [6, 6.07) is 24.1. The summed E-state index contributed by atoms with van der Waals surface area (Å²) in [6.07, 6.45) is 6.72. The van der Waals surface area contributed by atoms with E-state index >= 15 is 0 Å². The summed E-state index contributed by atoms with van der Waals surface area (Å²) < 4.78 is 25.2. The normalized spacial score (nSPS) is 13.7. The van der Waals surface area contributed by atoms with Gasteiger partial charge in [-0.3, -0.25) is 9.59 Å². The van der Waals surface area contributed by atoms with Crippen LogP contribution in [-0.4, -0.2) is 76.8 Å². The number of likely N-dealkylation sites (tertiary alicyclic amines) is 1. The zero-order valence-electron chi connectivity index (χ0n) is 39.4. The molecule has 69 heavy (non-hydrogen) atoms. The second-order valence-corrected chi connectivity index (χ2v) is 24.3. The lowest BCUT2D eigenvalue weighted by atomic mass is 9.87. The maximum atomic E-state index is 12.8. The average molecular weight is 1010 g/mol. The Morgan fingerprint density at radius 1 is 0.754 bits per heavy atom. The zero-order chi connectivity index (χ0) is 50.0. The third kappa shape index (κ3) is 14.1. The van der Waals surface area contributed by atoms with Crippen LogP contribution in [0.3, 0.4) is 0 Å². The smallest absolute Gasteiger partial charge is 0.250 e. The fourth-order valence-corrected chi connectivity index (χ4v) is 10.0. The van der Waals surface area contributed by atoms with E-state index in [0.717, 1.165) is 65.2 Å². The van der Waals surface area contributed by atoms with E-state index < -0.39 is 20.2 Å². The Bertz CT molecular complexity index is 2990. The first-order valence-electron chi connectivity index (χ1n) is 22.0. The number of nitrogens with zero attached hydrogens (tertiary/aromatic N) is 5. The molecule has 3 heterocycles. The minimum Gasteiger partial charge on any atom is -0.366 e. The predicted molar refractivity (Wildman–Crippen MR) is 286 cm³/mol. The molecule has 1 atom stereocenters. The number of piperidine rings is 1. The third-order valence-electron chi connectivity index (χ3n) is 11.3. The number of carbonyl (C=O) groups excluding carboxylic acids is 2. The molecule has 0 aliphatic carbocycles. The molecule has 1 aliphatic rings. The molecule has 7 rings (SSSR count). The summed E-state index contributed by atoms with van der Waals surface area (Å²) in [6.45, 7) is 18.4. The molecule has 2 amide bonds. The van der Waals surface area contributed by atoms with Crippen molar-refractivity contribution in [2.45, 2.75) is 38.8 Å². The van der Waals surface area contributed by atoms with Gasteiger partial charge in [-0.15, -0.1) is 0 Å². The number of aromatic nitrogens is 4. The lowest BCUT2D eigenvalue weighted by Crippen LogP contribution is -2.29. The molecule has 2 aromatic heterocycles. The molecule has 1 aliphatic heterocycles. The van der Waals surface area contributed by atoms with Gasteiger partial charge in [0.2, 0.25) is 17.8 Å². The highest BCUT2D eigenvalue weighted by Gasteiger charge is 2.24. The number of hydrogen-bond acceptors (Lipinski definition) is 13. The van der Waals surface area contributed by atoms with Gasteiger partial charge in [-0.1, -0.05) is 78.8 Å². The van der Waals surface area contributed by atoms with Crippen LogP contribution in [0, 0.1) is 13.8 Å². The number of amides is 2. The van der Waals surface area contributed by atoms with Crippen molar-refractivity contribution in [3.63, 3.8) is 0 Å². The van der Waals surface area contributed by atoms with E-state index in [-0.39, 0.29) is 10.9 Å². The fourth-order valence-electron chi connectivity index (χ4n) is 7.53. The lowest BCUT2D eigenvalue weighted by molar-refractivity contribution is -0.111. The molecular formula is C50H57Cl2N11O4P2. The number of halogens is 2. The van der Waals surface area contributed by atoms with Gasteiger partial charge in [0, 0.05) is 28.5 Å². The van der Waals surface area contributed by atoms with Crippen molar-refractivity contribution in [1.82, 2.24) is 24.8 Å². The number of nitrogens with one attached hydrogen (secondary N) is 5. The predicted octanol–water partition coefficient (Wildman–Crippen LogP) is 11.8. The minimum absolute atomic E-state index is 0.258. The van der Waals surface area contributed by atoms with Gasteiger partial charge in [0.15, 0.2) is 11.6 Å². The Labute approximate surface area is 413 Å². The van der Waals surface area contributed by atoms with Crippen LogP contribution in [0.1, 0.15) is 51.4 Å². The van der Waals surface area contributed by atoms with E-state index in [9.17, 15) is 18.7 Å². The topological polar surface area (TPSA) is 209 Å². The van der Waals surface area contributed by atoms with Gasteiger partial charge >= 0.3 is 0 Å². The minimum atomic E-state index is -2.53. The van der Waals surface area contributed by atoms with Crippen LogP contribution in [0.4, 0.5) is 52.0 Å². The number of nitrogens with two attached hydrogens (primary N) is 1. The van der Waals surface area contributed by atoms with E-state index in [0.29, 0.717) is 62.9 Å². The van der Waals surface area contributed by atoms with E-state index in [4.69, 9.17) is 28.9 Å². The summed E-state index contributed by atoms with van der Waals surface area (Å²) in [7, 11) is -2.84. The number of aryl methyl sites for hydroxylation is 2. The van der Waals surface area contributed by atoms with Crippen LogP contribution in [-0.2, 0) is 20.1 Å². The number of anilines is 9. The summed E-state index contributed by atoms with van der Waals surface area (Å²) >= 11 is 12.7. The number of para-hydroxylation sites is 2. The van der Waals surface area contributed by atoms with Crippen LogP contribution >= 0.6 is 37.5 Å². The standard InChI is InChI=1S/C28H34ClN6O2P.C22H23ClN5O2P/c1-6-26(36)31-24-16-23(18(2)15-20(24)19-11-13-35(3)14-12-19)33-28-30-17-21(29)27(34-28)32-22-9-7-8-10-25(22)38(4,5)37;1-4-31(3,30)13-15-10-9-14(2)19(11-15)27-22-25-12-17(23)21(28-22)26-18-8-6-5-7-16(18)20(24)29/h6-10,15-17,19H,1,11-14H2,2-5H3,(H,31,36)(H2,30,32,33,34);4-12H,1,13H2,2-3H3,(H2,24,29)(H2,25,26,27,28). The molecule has 0 saturated carbocycles. The fraction of sp³-hybridized carbons (Fsp3) is 0.240. The summed E-state index contributed by atoms with van der Waals surface area (Å²) in [5.41, 5.74) is 13.2. The zero-order valence-corrected chi connectivity index (χ0v) is 42.7. The van der Waals surface area contributed by atoms with E-state index in [1.165, 1.54) is 24.3 Å². The van der Waals surface area contributed by atoms with Crippen LogP contribution in [0.2, 0.25) is 10.0 Å². The molecule has 4 aromatic carbocycles. The van der Waals surface area contributed by atoms with Crippen molar-refractivity contribution >= 4 is 107 Å². The third-order valence-corrected chi connectivity index (χ3v) is 15.2. The first kappa shape index (κ1) is 52.0. The highest BCUT2D eigenvalue weighted by molar-refractivity contribution is 7.70. The second-order valence-electron chi connectivity index (χ2n) is 17.2. The quantitative estimate of drug-likeness (QED) is 0.0394. The molecule has 19 heteroatoms. The first-order chi connectivity index (χ1) is 32.7. The Morgan fingerprint density at radius 2 is 1.32 bits per heavy atom. The molecule has 1 fully saturated rings. The largest absolute Gasteiger partial charge is 0.366 e. The monoisotopic (exact) mass is 1010 g/mol. The average Bonchev–Trinajstić information content (AvgIpc) is 3.31. The van der Waals surface area contributed by atoms with Crippen molar-refractivity contribution in [3.8, 4) is 0 Å². The van der Waals surface area contributed by atoms with Gasteiger partial charge in [0.1, 0.15) is 24.3 Å². The van der Waals surface area contributed by atoms with Gasteiger partial charge < -0.3 is 46.3 Å². The Kier molecular flexibility index (Phi) is 17.2. The molecule has 0 radical (unpaired) electrons. The molecule has 360 valence electrons. The van der Waals surface area contributed by atoms with Gasteiger partial charge in [-0.05, 0) is 143 Å². The van der Waals surface area contributed by atoms with Gasteiger partial charge in [-0.25, -0.2) is 9.97 Å². The summed E-state index contributed by atoms with van der Waals surface area (Å²) in [5.74, 6) is 2.42. The Hall–Kier alpha value is -6.34. The highest BCUT2D eigenvalue weighted by atomic mass is 35.5. The van der Waals surface area contributed by atoms with Crippen molar-refractivity contribution in [1.29, 1.82) is 0 Å². The number of primary amides is 1.